The first-order valence-corrected chi connectivity index (χ1v) is 22.4. The summed E-state index contributed by atoms with van der Waals surface area (Å²) in [5, 5.41) is 6.94. The lowest BCUT2D eigenvalue weighted by atomic mass is 9.92. The summed E-state index contributed by atoms with van der Waals surface area (Å²) in [6, 6.07) is 83.8. The molecule has 4 nitrogen and oxygen atoms in total. The molecule has 13 rings (SSSR count). The van der Waals surface area contributed by atoms with Gasteiger partial charge in [0.15, 0.2) is 5.82 Å². The molecule has 4 heteroatoms. The van der Waals surface area contributed by atoms with Crippen molar-refractivity contribution >= 4 is 54.5 Å². The number of rotatable bonds is 7. The topological polar surface area (TPSA) is 43.9 Å². The van der Waals surface area contributed by atoms with E-state index in [-0.39, 0.29) is 0 Å². The van der Waals surface area contributed by atoms with Crippen molar-refractivity contribution in [2.45, 2.75) is 0 Å². The second kappa shape index (κ2) is 15.4. The van der Waals surface area contributed by atoms with E-state index in [9.17, 15) is 0 Å². The van der Waals surface area contributed by atoms with E-state index in [1.807, 2.05) is 24.3 Å². The molecule has 0 saturated heterocycles. The highest BCUT2D eigenvalue weighted by molar-refractivity contribution is 6.22. The molecule has 0 atom stereocenters. The maximum absolute atomic E-state index is 6.78. The largest absolute Gasteiger partial charge is 0.455 e. The predicted molar refractivity (Wildman–Crippen MR) is 274 cm³/mol. The van der Waals surface area contributed by atoms with Crippen LogP contribution in [-0.2, 0) is 0 Å². The van der Waals surface area contributed by atoms with Crippen LogP contribution in [0.4, 0.5) is 0 Å². The number of hydrogen-bond donors (Lipinski definition) is 0. The Morgan fingerprint density at radius 1 is 0.318 bits per heavy atom. The van der Waals surface area contributed by atoms with E-state index in [2.05, 4.69) is 217 Å². The number of para-hydroxylation sites is 2. The van der Waals surface area contributed by atoms with Crippen molar-refractivity contribution in [1.29, 1.82) is 0 Å². The molecule has 0 amide bonds. The van der Waals surface area contributed by atoms with Gasteiger partial charge in [-0.1, -0.05) is 188 Å². The normalized spacial score (nSPS) is 11.6. The molecular weight excluding hydrogens is 803 g/mol. The van der Waals surface area contributed by atoms with Crippen LogP contribution in [-0.4, -0.2) is 14.5 Å². The number of aromatic nitrogens is 3. The molecule has 0 N–H and O–H groups in total. The van der Waals surface area contributed by atoms with Gasteiger partial charge in [-0.3, -0.25) is 0 Å². The van der Waals surface area contributed by atoms with Gasteiger partial charge in [0, 0.05) is 49.3 Å². The monoisotopic (exact) mass is 841 g/mol. The fraction of sp³-hybridized carbons (Fsp3) is 0. The van der Waals surface area contributed by atoms with Crippen LogP contribution in [0.5, 0.6) is 0 Å². The smallest absolute Gasteiger partial charge is 0.160 e. The Kier molecular flexibility index (Phi) is 8.81. The lowest BCUT2D eigenvalue weighted by molar-refractivity contribution is 0.673. The van der Waals surface area contributed by atoms with Gasteiger partial charge in [-0.25, -0.2) is 9.97 Å². The molecule has 0 saturated carbocycles. The number of furan rings is 1. The molecule has 3 heterocycles. The van der Waals surface area contributed by atoms with Crippen molar-refractivity contribution in [3.8, 4) is 73.0 Å². The number of benzene rings is 10. The lowest BCUT2D eigenvalue weighted by Crippen LogP contribution is -1.96. The third-order valence-electron chi connectivity index (χ3n) is 13.0. The minimum atomic E-state index is 0.692. The van der Waals surface area contributed by atoms with Gasteiger partial charge in [0.2, 0.25) is 0 Å². The maximum Gasteiger partial charge on any atom is 0.160 e. The fourth-order valence-corrected chi connectivity index (χ4v) is 9.89. The van der Waals surface area contributed by atoms with E-state index in [0.29, 0.717) is 5.82 Å². The van der Waals surface area contributed by atoms with E-state index in [0.717, 1.165) is 94.3 Å². The molecule has 0 aliphatic heterocycles. The first-order valence-electron chi connectivity index (χ1n) is 22.4. The summed E-state index contributed by atoms with van der Waals surface area (Å²) in [6.07, 6.45) is 0. The summed E-state index contributed by atoms with van der Waals surface area (Å²) < 4.78 is 9.15. The van der Waals surface area contributed by atoms with E-state index >= 15 is 0 Å². The van der Waals surface area contributed by atoms with Gasteiger partial charge in [-0.05, 0) is 87.3 Å². The van der Waals surface area contributed by atoms with Crippen LogP contribution in [0.15, 0.2) is 241 Å². The van der Waals surface area contributed by atoms with Crippen molar-refractivity contribution in [3.05, 3.63) is 237 Å². The Morgan fingerprint density at radius 3 is 1.56 bits per heavy atom. The Morgan fingerprint density at radius 2 is 0.848 bits per heavy atom. The maximum atomic E-state index is 6.78. The minimum absolute atomic E-state index is 0.692. The van der Waals surface area contributed by atoms with Gasteiger partial charge < -0.3 is 8.98 Å². The highest BCUT2D eigenvalue weighted by Gasteiger charge is 2.19. The molecule has 0 aliphatic rings. The van der Waals surface area contributed by atoms with Crippen LogP contribution in [0.2, 0.25) is 0 Å². The van der Waals surface area contributed by atoms with Crippen molar-refractivity contribution < 1.29 is 4.42 Å². The van der Waals surface area contributed by atoms with Crippen LogP contribution < -0.4 is 0 Å². The van der Waals surface area contributed by atoms with Crippen LogP contribution in [0.1, 0.15) is 0 Å². The summed E-state index contributed by atoms with van der Waals surface area (Å²) >= 11 is 0. The minimum Gasteiger partial charge on any atom is -0.455 e. The highest BCUT2D eigenvalue weighted by Crippen LogP contribution is 2.44. The number of nitrogens with zero attached hydrogens (tertiary/aromatic N) is 3. The third kappa shape index (κ3) is 6.30. The molecule has 10 aromatic carbocycles. The molecule has 13 aromatic rings. The van der Waals surface area contributed by atoms with Gasteiger partial charge >= 0.3 is 0 Å². The summed E-state index contributed by atoms with van der Waals surface area (Å²) in [5.41, 5.74) is 16.9. The SMILES string of the molecule is c1ccc(-c2cccc(-c3cc(-c4ccc(-c5cc6c(oc7cccc(-c8ccc(-n9c%10ccccc%10c%10ccccc%109)cc8)c76)c6ccccc56)cc4)nc(-c4ccccc4)n3)c2)cc1. The van der Waals surface area contributed by atoms with Crippen molar-refractivity contribution in [2.75, 3.05) is 0 Å². The van der Waals surface area contributed by atoms with Gasteiger partial charge in [0.25, 0.3) is 0 Å². The zero-order valence-corrected chi connectivity index (χ0v) is 35.8. The Hall–Kier alpha value is -8.86. The molecule has 308 valence electrons. The number of fused-ring (bicyclic) bond motifs is 8. The van der Waals surface area contributed by atoms with Crippen molar-refractivity contribution in [3.63, 3.8) is 0 Å². The van der Waals surface area contributed by atoms with Gasteiger partial charge in [0.05, 0.1) is 22.4 Å². The van der Waals surface area contributed by atoms with Crippen LogP contribution in [0.25, 0.3) is 127 Å². The van der Waals surface area contributed by atoms with Gasteiger partial charge in [-0.2, -0.15) is 0 Å². The predicted octanol–water partition coefficient (Wildman–Crippen LogP) is 16.6. The summed E-state index contributed by atoms with van der Waals surface area (Å²) in [4.78, 5) is 10.3. The molecule has 0 fully saturated rings. The highest BCUT2D eigenvalue weighted by atomic mass is 16.3. The Labute approximate surface area is 381 Å². The zero-order valence-electron chi connectivity index (χ0n) is 35.8. The van der Waals surface area contributed by atoms with Crippen LogP contribution in [0.3, 0.4) is 0 Å². The third-order valence-corrected chi connectivity index (χ3v) is 13.0. The first kappa shape index (κ1) is 37.7. The van der Waals surface area contributed by atoms with E-state index < -0.39 is 0 Å². The zero-order chi connectivity index (χ0) is 43.6. The van der Waals surface area contributed by atoms with E-state index in [1.54, 1.807) is 0 Å². The Balaban J connectivity index is 0.912. The van der Waals surface area contributed by atoms with Crippen LogP contribution in [0, 0.1) is 0 Å². The standard InChI is InChI=1S/C62H39N3O/c1-3-15-40(16-4-1)45-19-13-20-46(37-45)56-39-55(63-62(64-56)44-17-5-2-6-18-44)43-31-29-42(30-32-43)53-38-54-60-48(25-14-28-59(60)66-61(54)52-24-8-7-21-49(52)53)41-33-35-47(36-34-41)65-57-26-11-9-22-50(57)51-23-10-12-27-58(51)65/h1-39H. The second-order valence-corrected chi connectivity index (χ2v) is 16.9. The number of hydrogen-bond acceptors (Lipinski definition) is 3. The average Bonchev–Trinajstić information content (AvgIpc) is 3.95. The molecule has 3 aromatic heterocycles. The molecular formula is C62H39N3O. The summed E-state index contributed by atoms with van der Waals surface area (Å²) in [6.45, 7) is 0. The lowest BCUT2D eigenvalue weighted by Gasteiger charge is -2.12. The molecule has 0 spiro atoms. The van der Waals surface area contributed by atoms with Crippen molar-refractivity contribution in [1.82, 2.24) is 14.5 Å². The molecule has 0 bridgehead atoms. The average molecular weight is 842 g/mol. The van der Waals surface area contributed by atoms with E-state index in [4.69, 9.17) is 14.4 Å². The van der Waals surface area contributed by atoms with Crippen LogP contribution >= 0.6 is 0 Å². The van der Waals surface area contributed by atoms with Crippen molar-refractivity contribution in [2.24, 2.45) is 0 Å². The Bertz CT molecular complexity index is 3910. The molecule has 0 aliphatic carbocycles. The first-order chi connectivity index (χ1) is 32.7. The quantitative estimate of drug-likeness (QED) is 0.161. The fourth-order valence-electron chi connectivity index (χ4n) is 9.89. The second-order valence-electron chi connectivity index (χ2n) is 16.9. The van der Waals surface area contributed by atoms with Gasteiger partial charge in [0.1, 0.15) is 11.2 Å². The molecule has 0 unspecified atom stereocenters. The van der Waals surface area contributed by atoms with E-state index in [1.165, 1.54) is 27.4 Å². The molecule has 66 heavy (non-hydrogen) atoms. The summed E-state index contributed by atoms with van der Waals surface area (Å²) in [7, 11) is 0. The summed E-state index contributed by atoms with van der Waals surface area (Å²) in [5.74, 6) is 0.692. The molecule has 0 radical (unpaired) electrons. The van der Waals surface area contributed by atoms with Gasteiger partial charge in [-0.15, -0.1) is 0 Å².